The third kappa shape index (κ3) is 7.67. The Hall–Kier alpha value is -2.18. The number of rotatable bonds is 8. The van der Waals surface area contributed by atoms with E-state index in [-0.39, 0.29) is 24.2 Å². The third-order valence-electron chi connectivity index (χ3n) is 6.71. The molecule has 0 spiro atoms. The van der Waals surface area contributed by atoms with E-state index in [9.17, 15) is 26.4 Å². The second-order valence-electron chi connectivity index (χ2n) is 9.47. The maximum absolute atomic E-state index is 13.0. The fourth-order valence-corrected chi connectivity index (χ4v) is 6.47. The number of carbonyl (C=O) groups is 1. The topological polar surface area (TPSA) is 73.0 Å². The standard InChI is InChI=1S/C25H30ClF3N4O3S/c26-22-6-2-4-20(14-22)18-37(35,36)33-8-7-23(17-33)30-15-24(34)32-11-9-31(10-12-32)16-19-3-1-5-21(13-19)25(27,28)29/h1-6,13-14,23,30H,7-12,15-18H2/t23-/m0/s1. The first kappa shape index (κ1) is 27.8. The van der Waals surface area contributed by atoms with Crippen LogP contribution in [0.25, 0.3) is 0 Å². The van der Waals surface area contributed by atoms with Gasteiger partial charge in [0.15, 0.2) is 0 Å². The summed E-state index contributed by atoms with van der Waals surface area (Å²) >= 11 is 5.96. The number of nitrogens with zero attached hydrogens (tertiary/aromatic N) is 3. The largest absolute Gasteiger partial charge is 0.416 e. The van der Waals surface area contributed by atoms with Gasteiger partial charge in [-0.15, -0.1) is 0 Å². The summed E-state index contributed by atoms with van der Waals surface area (Å²) in [7, 11) is -3.49. The van der Waals surface area contributed by atoms with Crippen molar-refractivity contribution in [2.45, 2.75) is 30.9 Å². The van der Waals surface area contributed by atoms with Crippen LogP contribution in [0.4, 0.5) is 13.2 Å². The molecule has 37 heavy (non-hydrogen) atoms. The summed E-state index contributed by atoms with van der Waals surface area (Å²) in [5, 5.41) is 3.68. The van der Waals surface area contributed by atoms with Crippen LogP contribution in [-0.4, -0.2) is 80.3 Å². The molecular formula is C25H30ClF3N4O3S. The van der Waals surface area contributed by atoms with Crippen molar-refractivity contribution in [2.75, 3.05) is 45.8 Å². The van der Waals surface area contributed by atoms with Crippen LogP contribution in [0.5, 0.6) is 0 Å². The van der Waals surface area contributed by atoms with Gasteiger partial charge < -0.3 is 10.2 Å². The van der Waals surface area contributed by atoms with Gasteiger partial charge >= 0.3 is 6.18 Å². The van der Waals surface area contributed by atoms with Gasteiger partial charge in [-0.25, -0.2) is 12.7 Å². The fraction of sp³-hybridized carbons (Fsp3) is 0.480. The summed E-state index contributed by atoms with van der Waals surface area (Å²) in [5.41, 5.74) is 0.561. The number of amides is 1. The van der Waals surface area contributed by atoms with Crippen LogP contribution < -0.4 is 5.32 Å². The molecule has 0 aromatic heterocycles. The van der Waals surface area contributed by atoms with Crippen molar-refractivity contribution in [3.05, 3.63) is 70.2 Å². The first-order valence-corrected chi connectivity index (χ1v) is 14.1. The molecule has 202 valence electrons. The van der Waals surface area contributed by atoms with Crippen molar-refractivity contribution in [3.63, 3.8) is 0 Å². The molecule has 0 unspecified atom stereocenters. The fourth-order valence-electron chi connectivity index (χ4n) is 4.68. The van der Waals surface area contributed by atoms with Crippen LogP contribution in [0, 0.1) is 0 Å². The van der Waals surface area contributed by atoms with E-state index >= 15 is 0 Å². The van der Waals surface area contributed by atoms with Crippen molar-refractivity contribution < 1.29 is 26.4 Å². The van der Waals surface area contributed by atoms with Gasteiger partial charge in [0.1, 0.15) is 0 Å². The second kappa shape index (κ2) is 11.7. The van der Waals surface area contributed by atoms with E-state index in [1.54, 1.807) is 35.2 Å². The van der Waals surface area contributed by atoms with Gasteiger partial charge in [0.25, 0.3) is 0 Å². The lowest BCUT2D eigenvalue weighted by Gasteiger charge is -2.35. The average Bonchev–Trinajstić information content (AvgIpc) is 3.33. The van der Waals surface area contributed by atoms with E-state index in [4.69, 9.17) is 11.6 Å². The highest BCUT2D eigenvalue weighted by atomic mass is 35.5. The minimum absolute atomic E-state index is 0.0704. The Labute approximate surface area is 220 Å². The first-order valence-electron chi connectivity index (χ1n) is 12.1. The first-order chi connectivity index (χ1) is 17.5. The van der Waals surface area contributed by atoms with Gasteiger partial charge in [0.05, 0.1) is 17.9 Å². The minimum atomic E-state index is -4.37. The van der Waals surface area contributed by atoms with Crippen LogP contribution in [0.2, 0.25) is 5.02 Å². The summed E-state index contributed by atoms with van der Waals surface area (Å²) in [4.78, 5) is 16.5. The van der Waals surface area contributed by atoms with Crippen LogP contribution in [-0.2, 0) is 33.3 Å². The molecule has 0 radical (unpaired) electrons. The Kier molecular flexibility index (Phi) is 8.80. The molecule has 2 heterocycles. The van der Waals surface area contributed by atoms with E-state index in [1.807, 2.05) is 4.90 Å². The number of nitrogens with one attached hydrogen (secondary N) is 1. The maximum Gasteiger partial charge on any atom is 0.416 e. The van der Waals surface area contributed by atoms with E-state index in [1.165, 1.54) is 16.4 Å². The number of sulfonamides is 1. The smallest absolute Gasteiger partial charge is 0.339 e. The summed E-state index contributed by atoms with van der Waals surface area (Å²) in [6.45, 7) is 3.33. The molecule has 0 aliphatic carbocycles. The number of hydrogen-bond donors (Lipinski definition) is 1. The van der Waals surface area contributed by atoms with Crippen molar-refractivity contribution >= 4 is 27.5 Å². The molecule has 2 saturated heterocycles. The molecule has 2 aliphatic heterocycles. The van der Waals surface area contributed by atoms with E-state index in [0.29, 0.717) is 68.4 Å². The highest BCUT2D eigenvalue weighted by molar-refractivity contribution is 7.88. The van der Waals surface area contributed by atoms with Crippen LogP contribution in [0.1, 0.15) is 23.1 Å². The summed E-state index contributed by atoms with van der Waals surface area (Å²) < 4.78 is 65.9. The highest BCUT2D eigenvalue weighted by Gasteiger charge is 2.32. The molecule has 0 saturated carbocycles. The predicted octanol–water partition coefficient (Wildman–Crippen LogP) is 3.20. The average molecular weight is 559 g/mol. The molecule has 1 amide bonds. The van der Waals surface area contributed by atoms with Crippen LogP contribution >= 0.6 is 11.6 Å². The summed E-state index contributed by atoms with van der Waals surface area (Å²) in [5.74, 6) is -0.191. The Morgan fingerprint density at radius 3 is 2.41 bits per heavy atom. The molecule has 4 rings (SSSR count). The maximum atomic E-state index is 13.0. The van der Waals surface area contributed by atoms with E-state index in [2.05, 4.69) is 5.32 Å². The molecule has 7 nitrogen and oxygen atoms in total. The quantitative estimate of drug-likeness (QED) is 0.539. The molecule has 2 aliphatic rings. The van der Waals surface area contributed by atoms with Gasteiger partial charge in [-0.2, -0.15) is 13.2 Å². The molecule has 12 heteroatoms. The zero-order valence-electron chi connectivity index (χ0n) is 20.3. The van der Waals surface area contributed by atoms with Crippen molar-refractivity contribution in [1.82, 2.24) is 19.4 Å². The number of piperazine rings is 1. The van der Waals surface area contributed by atoms with Crippen molar-refractivity contribution in [3.8, 4) is 0 Å². The zero-order chi connectivity index (χ0) is 26.6. The summed E-state index contributed by atoms with van der Waals surface area (Å²) in [6, 6.07) is 12.0. The van der Waals surface area contributed by atoms with Gasteiger partial charge in [0, 0.05) is 56.9 Å². The lowest BCUT2D eigenvalue weighted by molar-refractivity contribution is -0.137. The predicted molar refractivity (Wildman–Crippen MR) is 135 cm³/mol. The van der Waals surface area contributed by atoms with Gasteiger partial charge in [-0.05, 0) is 35.7 Å². The van der Waals surface area contributed by atoms with Gasteiger partial charge in [-0.1, -0.05) is 41.9 Å². The molecular weight excluding hydrogens is 529 g/mol. The minimum Gasteiger partial charge on any atom is -0.339 e. The number of halogens is 4. The Morgan fingerprint density at radius 1 is 1.00 bits per heavy atom. The highest BCUT2D eigenvalue weighted by Crippen LogP contribution is 2.30. The number of carbonyl (C=O) groups excluding carboxylic acids is 1. The van der Waals surface area contributed by atoms with Crippen molar-refractivity contribution in [1.29, 1.82) is 0 Å². The molecule has 0 bridgehead atoms. The lowest BCUT2D eigenvalue weighted by Crippen LogP contribution is -2.51. The molecule has 1 N–H and O–H groups in total. The Morgan fingerprint density at radius 2 is 1.70 bits per heavy atom. The Bertz CT molecular complexity index is 1200. The number of hydrogen-bond acceptors (Lipinski definition) is 5. The zero-order valence-corrected chi connectivity index (χ0v) is 21.8. The van der Waals surface area contributed by atoms with Crippen molar-refractivity contribution in [2.24, 2.45) is 0 Å². The van der Waals surface area contributed by atoms with Crippen LogP contribution in [0.3, 0.4) is 0 Å². The molecule has 1 atom stereocenters. The molecule has 2 fully saturated rings. The van der Waals surface area contributed by atoms with E-state index < -0.39 is 21.8 Å². The number of benzene rings is 2. The van der Waals surface area contributed by atoms with E-state index in [0.717, 1.165) is 6.07 Å². The normalized spacial score (nSPS) is 19.9. The van der Waals surface area contributed by atoms with Crippen LogP contribution in [0.15, 0.2) is 48.5 Å². The number of alkyl halides is 3. The third-order valence-corrected chi connectivity index (χ3v) is 8.76. The Balaban J connectivity index is 1.19. The molecule has 2 aromatic carbocycles. The van der Waals surface area contributed by atoms with Gasteiger partial charge in [0.2, 0.25) is 15.9 Å². The summed E-state index contributed by atoms with van der Waals surface area (Å²) in [6.07, 6.45) is -3.75. The van der Waals surface area contributed by atoms with Gasteiger partial charge in [-0.3, -0.25) is 9.69 Å². The lowest BCUT2D eigenvalue weighted by atomic mass is 10.1. The monoisotopic (exact) mass is 558 g/mol. The molecule has 2 aromatic rings. The SMILES string of the molecule is O=C(CN[C@H]1CCN(S(=O)(=O)Cc2cccc(Cl)c2)C1)N1CCN(Cc2cccc(C(F)(F)F)c2)CC1. The second-order valence-corrected chi connectivity index (χ2v) is 11.9.